The van der Waals surface area contributed by atoms with Crippen molar-refractivity contribution in [2.45, 2.75) is 45.8 Å². The van der Waals surface area contributed by atoms with Crippen LogP contribution in [0.15, 0.2) is 42.5 Å². The molecule has 0 spiro atoms. The van der Waals surface area contributed by atoms with Crippen LogP contribution in [-0.4, -0.2) is 11.7 Å². The van der Waals surface area contributed by atoms with E-state index in [1.54, 1.807) is 0 Å². The van der Waals surface area contributed by atoms with E-state index in [1.807, 2.05) is 0 Å². The fraction of sp³-hybridized carbons (Fsp3) is 0.444. The van der Waals surface area contributed by atoms with Gasteiger partial charge in [0, 0.05) is 6.42 Å². The van der Waals surface area contributed by atoms with Crippen LogP contribution >= 0.6 is 0 Å². The SMILES string of the molecule is CC(C)(C)[C@]1(C)O[C@H]1Cc1cccc2ccccc12. The van der Waals surface area contributed by atoms with Crippen LogP contribution in [0.4, 0.5) is 0 Å². The minimum atomic E-state index is 0.0178. The van der Waals surface area contributed by atoms with Gasteiger partial charge in [0.05, 0.1) is 11.7 Å². The third-order valence-electron chi connectivity index (χ3n) is 4.72. The molecule has 0 aliphatic carbocycles. The molecule has 0 aromatic heterocycles. The zero-order chi connectivity index (χ0) is 13.7. The van der Waals surface area contributed by atoms with Gasteiger partial charge in [0.2, 0.25) is 0 Å². The van der Waals surface area contributed by atoms with Crippen molar-refractivity contribution in [3.8, 4) is 0 Å². The molecule has 0 saturated carbocycles. The Labute approximate surface area is 115 Å². The Morgan fingerprint density at radius 3 is 2.42 bits per heavy atom. The van der Waals surface area contributed by atoms with E-state index in [0.717, 1.165) is 6.42 Å². The molecule has 19 heavy (non-hydrogen) atoms. The molecule has 100 valence electrons. The summed E-state index contributed by atoms with van der Waals surface area (Å²) in [6.45, 7) is 9.02. The van der Waals surface area contributed by atoms with Gasteiger partial charge >= 0.3 is 0 Å². The maximum absolute atomic E-state index is 6.02. The van der Waals surface area contributed by atoms with Crippen molar-refractivity contribution in [2.24, 2.45) is 5.41 Å². The van der Waals surface area contributed by atoms with E-state index in [1.165, 1.54) is 16.3 Å². The van der Waals surface area contributed by atoms with Crippen molar-refractivity contribution in [1.82, 2.24) is 0 Å². The summed E-state index contributed by atoms with van der Waals surface area (Å²) in [5.41, 5.74) is 1.61. The third kappa shape index (κ3) is 2.06. The highest BCUT2D eigenvalue weighted by atomic mass is 16.6. The van der Waals surface area contributed by atoms with E-state index in [2.05, 4.69) is 70.2 Å². The van der Waals surface area contributed by atoms with E-state index in [9.17, 15) is 0 Å². The Balaban J connectivity index is 1.89. The first-order valence-electron chi connectivity index (χ1n) is 7.06. The van der Waals surface area contributed by atoms with Crippen molar-refractivity contribution in [1.29, 1.82) is 0 Å². The van der Waals surface area contributed by atoms with Gasteiger partial charge in [0.25, 0.3) is 0 Å². The fourth-order valence-corrected chi connectivity index (χ4v) is 2.83. The maximum Gasteiger partial charge on any atom is 0.0971 e. The Bertz CT molecular complexity index is 603. The first-order chi connectivity index (χ1) is 8.92. The van der Waals surface area contributed by atoms with Gasteiger partial charge in [-0.3, -0.25) is 0 Å². The van der Waals surface area contributed by atoms with E-state index < -0.39 is 0 Å². The van der Waals surface area contributed by atoms with E-state index in [0.29, 0.717) is 6.10 Å². The molecule has 2 aromatic carbocycles. The van der Waals surface area contributed by atoms with Crippen LogP contribution < -0.4 is 0 Å². The second-order valence-electron chi connectivity index (χ2n) is 6.81. The van der Waals surface area contributed by atoms with E-state index in [-0.39, 0.29) is 11.0 Å². The number of fused-ring (bicyclic) bond motifs is 1. The number of rotatable bonds is 2. The quantitative estimate of drug-likeness (QED) is 0.714. The molecular weight excluding hydrogens is 232 g/mol. The summed E-state index contributed by atoms with van der Waals surface area (Å²) in [7, 11) is 0. The average molecular weight is 254 g/mol. The molecule has 0 N–H and O–H groups in total. The molecule has 2 aromatic rings. The third-order valence-corrected chi connectivity index (χ3v) is 4.72. The monoisotopic (exact) mass is 254 g/mol. The summed E-state index contributed by atoms with van der Waals surface area (Å²) in [5.74, 6) is 0. The average Bonchev–Trinajstić information content (AvgIpc) is 3.02. The Kier molecular flexibility index (Phi) is 2.72. The maximum atomic E-state index is 6.02. The molecule has 1 aliphatic heterocycles. The number of hydrogen-bond donors (Lipinski definition) is 0. The standard InChI is InChI=1S/C18H22O/c1-17(2,3)18(4)16(19-18)12-14-10-7-9-13-8-5-6-11-15(13)14/h5-11,16H,12H2,1-4H3/t16-,18+/m0/s1. The molecule has 1 heteroatoms. The number of benzene rings is 2. The second kappa shape index (κ2) is 4.08. The molecule has 1 aliphatic rings. The fourth-order valence-electron chi connectivity index (χ4n) is 2.83. The number of epoxide rings is 1. The number of hydrogen-bond acceptors (Lipinski definition) is 1. The minimum absolute atomic E-state index is 0.0178. The first kappa shape index (κ1) is 12.7. The van der Waals surface area contributed by atoms with Gasteiger partial charge in [-0.05, 0) is 28.7 Å². The van der Waals surface area contributed by atoms with Gasteiger partial charge in [0.1, 0.15) is 0 Å². The lowest BCUT2D eigenvalue weighted by Gasteiger charge is -2.24. The lowest BCUT2D eigenvalue weighted by Crippen LogP contribution is -2.29. The summed E-state index contributed by atoms with van der Waals surface area (Å²) in [5, 5.41) is 2.68. The van der Waals surface area contributed by atoms with Crippen molar-refractivity contribution >= 4 is 10.8 Å². The molecular formula is C18H22O. The van der Waals surface area contributed by atoms with Gasteiger partial charge < -0.3 is 4.74 Å². The summed E-state index contributed by atoms with van der Waals surface area (Å²) in [6.07, 6.45) is 1.35. The largest absolute Gasteiger partial charge is 0.365 e. The molecule has 0 bridgehead atoms. The normalized spacial score (nSPS) is 26.6. The smallest absolute Gasteiger partial charge is 0.0971 e. The lowest BCUT2D eigenvalue weighted by molar-refractivity contribution is 0.173. The van der Waals surface area contributed by atoms with Crippen molar-refractivity contribution in [3.05, 3.63) is 48.0 Å². The van der Waals surface area contributed by atoms with Gasteiger partial charge in [0.15, 0.2) is 0 Å². The molecule has 1 heterocycles. The zero-order valence-corrected chi connectivity index (χ0v) is 12.2. The highest BCUT2D eigenvalue weighted by molar-refractivity contribution is 5.85. The molecule has 3 rings (SSSR count). The highest BCUT2D eigenvalue weighted by Crippen LogP contribution is 2.51. The topological polar surface area (TPSA) is 12.5 Å². The van der Waals surface area contributed by atoms with Crippen LogP contribution in [0.3, 0.4) is 0 Å². The summed E-state index contributed by atoms with van der Waals surface area (Å²) in [4.78, 5) is 0. The Hall–Kier alpha value is -1.34. The van der Waals surface area contributed by atoms with Crippen LogP contribution in [0, 0.1) is 5.41 Å². The van der Waals surface area contributed by atoms with Crippen molar-refractivity contribution in [3.63, 3.8) is 0 Å². The van der Waals surface area contributed by atoms with E-state index >= 15 is 0 Å². The molecule has 0 radical (unpaired) electrons. The highest BCUT2D eigenvalue weighted by Gasteiger charge is 2.59. The Morgan fingerprint density at radius 1 is 1.05 bits per heavy atom. The van der Waals surface area contributed by atoms with Crippen LogP contribution in [0.25, 0.3) is 10.8 Å². The van der Waals surface area contributed by atoms with Crippen LogP contribution in [0.5, 0.6) is 0 Å². The lowest BCUT2D eigenvalue weighted by atomic mass is 9.78. The summed E-state index contributed by atoms with van der Waals surface area (Å²) in [6, 6.07) is 15.1. The zero-order valence-electron chi connectivity index (χ0n) is 12.2. The Morgan fingerprint density at radius 2 is 1.74 bits per heavy atom. The molecule has 1 nitrogen and oxygen atoms in total. The molecule has 1 saturated heterocycles. The van der Waals surface area contributed by atoms with E-state index in [4.69, 9.17) is 4.74 Å². The molecule has 1 fully saturated rings. The molecule has 0 amide bonds. The van der Waals surface area contributed by atoms with Gasteiger partial charge in [-0.15, -0.1) is 0 Å². The van der Waals surface area contributed by atoms with Crippen molar-refractivity contribution < 1.29 is 4.74 Å². The van der Waals surface area contributed by atoms with Crippen LogP contribution in [-0.2, 0) is 11.2 Å². The van der Waals surface area contributed by atoms with Gasteiger partial charge in [-0.25, -0.2) is 0 Å². The molecule has 0 unspecified atom stereocenters. The molecule has 2 atom stereocenters. The second-order valence-corrected chi connectivity index (χ2v) is 6.81. The van der Waals surface area contributed by atoms with Crippen LogP contribution in [0.1, 0.15) is 33.3 Å². The predicted molar refractivity (Wildman–Crippen MR) is 80.4 cm³/mol. The first-order valence-corrected chi connectivity index (χ1v) is 7.06. The van der Waals surface area contributed by atoms with Crippen molar-refractivity contribution in [2.75, 3.05) is 0 Å². The van der Waals surface area contributed by atoms with Gasteiger partial charge in [-0.2, -0.15) is 0 Å². The summed E-state index contributed by atoms with van der Waals surface area (Å²) < 4.78 is 6.02. The summed E-state index contributed by atoms with van der Waals surface area (Å²) >= 11 is 0. The van der Waals surface area contributed by atoms with Gasteiger partial charge in [-0.1, -0.05) is 63.2 Å². The van der Waals surface area contributed by atoms with Crippen LogP contribution in [0.2, 0.25) is 0 Å². The number of ether oxygens (including phenoxy) is 1. The minimum Gasteiger partial charge on any atom is -0.365 e. The predicted octanol–water partition coefficient (Wildman–Crippen LogP) is 4.59.